The van der Waals surface area contributed by atoms with E-state index in [1.165, 1.54) is 10.9 Å². The molecule has 1 aromatic heterocycles. The molecule has 1 heterocycles. The highest BCUT2D eigenvalue weighted by molar-refractivity contribution is 5.82. The molecule has 0 fully saturated rings. The summed E-state index contributed by atoms with van der Waals surface area (Å²) in [5.74, 6) is 0. The smallest absolute Gasteiger partial charge is 0.0750 e. The molecule has 0 aliphatic heterocycles. The largest absolute Gasteiger partial charge is 0.312 e. The van der Waals surface area contributed by atoms with Crippen LogP contribution in [0.3, 0.4) is 0 Å². The zero-order valence-corrected chi connectivity index (χ0v) is 10.6. The minimum Gasteiger partial charge on any atom is -0.312 e. The van der Waals surface area contributed by atoms with Crippen molar-refractivity contribution in [2.45, 2.75) is 6.04 Å². The van der Waals surface area contributed by atoms with E-state index in [0.717, 1.165) is 12.1 Å². The zero-order valence-electron chi connectivity index (χ0n) is 10.6. The number of nitrogens with zero attached hydrogens (tertiary/aromatic N) is 2. The van der Waals surface area contributed by atoms with Gasteiger partial charge in [0.25, 0.3) is 0 Å². The Bertz CT molecular complexity index is 488. The minimum atomic E-state index is 0.309. The first-order valence-corrected chi connectivity index (χ1v) is 5.88. The van der Waals surface area contributed by atoms with Gasteiger partial charge in [0.2, 0.25) is 0 Å². The Hall–Kier alpha value is -1.45. The van der Waals surface area contributed by atoms with E-state index >= 15 is 0 Å². The van der Waals surface area contributed by atoms with Crippen LogP contribution in [0.4, 0.5) is 0 Å². The quantitative estimate of drug-likeness (QED) is 0.869. The number of hydrogen-bond acceptors (Lipinski definition) is 3. The average Bonchev–Trinajstić information content (AvgIpc) is 2.35. The van der Waals surface area contributed by atoms with E-state index in [0.29, 0.717) is 6.04 Å². The van der Waals surface area contributed by atoms with Crippen molar-refractivity contribution in [3.05, 3.63) is 42.1 Å². The van der Waals surface area contributed by atoms with Crippen molar-refractivity contribution in [3.8, 4) is 0 Å². The number of aromatic nitrogens is 1. The van der Waals surface area contributed by atoms with Gasteiger partial charge in [0.05, 0.1) is 5.52 Å². The molecule has 2 rings (SSSR count). The molecule has 1 N–H and O–H groups in total. The molecule has 0 bridgehead atoms. The number of pyridine rings is 1. The van der Waals surface area contributed by atoms with Crippen molar-refractivity contribution in [2.75, 3.05) is 27.7 Å². The second-order valence-electron chi connectivity index (χ2n) is 4.53. The maximum Gasteiger partial charge on any atom is 0.0750 e. The third-order valence-electron chi connectivity index (χ3n) is 2.94. The normalized spacial score (nSPS) is 13.2. The lowest BCUT2D eigenvalue weighted by molar-refractivity contribution is 0.353. The molecule has 3 nitrogen and oxygen atoms in total. The molecule has 1 aromatic carbocycles. The van der Waals surface area contributed by atoms with Crippen LogP contribution in [0.1, 0.15) is 11.6 Å². The van der Waals surface area contributed by atoms with Crippen LogP contribution in [0, 0.1) is 0 Å². The molecule has 90 valence electrons. The first kappa shape index (κ1) is 12.0. The third-order valence-corrected chi connectivity index (χ3v) is 2.94. The molecule has 17 heavy (non-hydrogen) atoms. The van der Waals surface area contributed by atoms with Gasteiger partial charge in [-0.2, -0.15) is 0 Å². The Balaban J connectivity index is 2.46. The van der Waals surface area contributed by atoms with E-state index < -0.39 is 0 Å². The molecule has 0 aliphatic carbocycles. The first-order chi connectivity index (χ1) is 8.22. The third kappa shape index (κ3) is 2.62. The van der Waals surface area contributed by atoms with Gasteiger partial charge in [-0.1, -0.05) is 24.3 Å². The predicted molar refractivity (Wildman–Crippen MR) is 72.1 cm³/mol. The summed E-state index contributed by atoms with van der Waals surface area (Å²) in [6, 6.07) is 10.7. The molecule has 0 spiro atoms. The van der Waals surface area contributed by atoms with Crippen LogP contribution in [-0.4, -0.2) is 37.6 Å². The van der Waals surface area contributed by atoms with Crippen molar-refractivity contribution in [1.29, 1.82) is 0 Å². The van der Waals surface area contributed by atoms with Gasteiger partial charge in [-0.25, -0.2) is 0 Å². The van der Waals surface area contributed by atoms with Gasteiger partial charge in [0, 0.05) is 24.2 Å². The Morgan fingerprint density at radius 3 is 2.71 bits per heavy atom. The topological polar surface area (TPSA) is 28.2 Å². The van der Waals surface area contributed by atoms with Crippen LogP contribution in [0.2, 0.25) is 0 Å². The number of likely N-dealkylation sites (N-methyl/N-ethyl adjacent to an activating group) is 2. The standard InChI is InChI=1S/C14H19N3/c1-15-13(10-17(2)3)12-8-4-6-11-7-5-9-16-14(11)12/h4-9,13,15H,10H2,1-3H3. The monoisotopic (exact) mass is 229 g/mol. The summed E-state index contributed by atoms with van der Waals surface area (Å²) < 4.78 is 0. The molecule has 0 saturated heterocycles. The number of hydrogen-bond donors (Lipinski definition) is 1. The number of fused-ring (bicyclic) bond motifs is 1. The second-order valence-corrected chi connectivity index (χ2v) is 4.53. The van der Waals surface area contributed by atoms with E-state index in [4.69, 9.17) is 0 Å². The SMILES string of the molecule is CNC(CN(C)C)c1cccc2cccnc12. The Labute approximate surface area is 102 Å². The molecule has 0 radical (unpaired) electrons. The van der Waals surface area contributed by atoms with Gasteiger partial charge in [0.1, 0.15) is 0 Å². The molecule has 1 unspecified atom stereocenters. The molecule has 1 atom stereocenters. The summed E-state index contributed by atoms with van der Waals surface area (Å²) in [7, 11) is 6.17. The van der Waals surface area contributed by atoms with E-state index in [2.05, 4.69) is 53.6 Å². The summed E-state index contributed by atoms with van der Waals surface area (Å²) in [4.78, 5) is 6.68. The van der Waals surface area contributed by atoms with E-state index in [1.54, 1.807) is 0 Å². The maximum atomic E-state index is 4.50. The van der Waals surface area contributed by atoms with Crippen LogP contribution in [0.5, 0.6) is 0 Å². The first-order valence-electron chi connectivity index (χ1n) is 5.88. The van der Waals surface area contributed by atoms with Crippen molar-refractivity contribution in [2.24, 2.45) is 0 Å². The highest BCUT2D eigenvalue weighted by Crippen LogP contribution is 2.22. The molecular formula is C14H19N3. The lowest BCUT2D eigenvalue weighted by Gasteiger charge is -2.21. The maximum absolute atomic E-state index is 4.50. The van der Waals surface area contributed by atoms with Gasteiger partial charge in [-0.05, 0) is 32.8 Å². The molecule has 0 amide bonds. The fourth-order valence-electron chi connectivity index (χ4n) is 2.12. The summed E-state index contributed by atoms with van der Waals surface area (Å²) in [5, 5.41) is 4.56. The summed E-state index contributed by atoms with van der Waals surface area (Å²) >= 11 is 0. The lowest BCUT2D eigenvalue weighted by Crippen LogP contribution is -2.29. The predicted octanol–water partition coefficient (Wildman–Crippen LogP) is 2.06. The summed E-state index contributed by atoms with van der Waals surface area (Å²) in [6.45, 7) is 0.964. The van der Waals surface area contributed by atoms with Gasteiger partial charge < -0.3 is 10.2 Å². The Morgan fingerprint density at radius 1 is 1.24 bits per heavy atom. The summed E-state index contributed by atoms with van der Waals surface area (Å²) in [6.07, 6.45) is 1.86. The minimum absolute atomic E-state index is 0.309. The second kappa shape index (κ2) is 5.25. The van der Waals surface area contributed by atoms with Crippen molar-refractivity contribution in [1.82, 2.24) is 15.2 Å². The lowest BCUT2D eigenvalue weighted by atomic mass is 10.0. The van der Waals surface area contributed by atoms with Crippen molar-refractivity contribution in [3.63, 3.8) is 0 Å². The highest BCUT2D eigenvalue weighted by Gasteiger charge is 2.13. The van der Waals surface area contributed by atoms with Crippen molar-refractivity contribution >= 4 is 10.9 Å². The van der Waals surface area contributed by atoms with Crippen LogP contribution in [-0.2, 0) is 0 Å². The van der Waals surface area contributed by atoms with E-state index in [1.807, 2.05) is 19.3 Å². The number of nitrogens with one attached hydrogen (secondary N) is 1. The van der Waals surface area contributed by atoms with Crippen molar-refractivity contribution < 1.29 is 0 Å². The fraction of sp³-hybridized carbons (Fsp3) is 0.357. The Morgan fingerprint density at radius 2 is 2.00 bits per heavy atom. The average molecular weight is 229 g/mol. The number of rotatable bonds is 4. The zero-order chi connectivity index (χ0) is 12.3. The van der Waals surface area contributed by atoms with Crippen LogP contribution >= 0.6 is 0 Å². The van der Waals surface area contributed by atoms with Crippen LogP contribution in [0.15, 0.2) is 36.5 Å². The molecule has 0 saturated carbocycles. The van der Waals surface area contributed by atoms with Gasteiger partial charge >= 0.3 is 0 Å². The fourth-order valence-corrected chi connectivity index (χ4v) is 2.12. The van der Waals surface area contributed by atoms with E-state index in [-0.39, 0.29) is 0 Å². The van der Waals surface area contributed by atoms with Gasteiger partial charge in [-0.15, -0.1) is 0 Å². The Kier molecular flexibility index (Phi) is 3.71. The molecule has 3 heteroatoms. The highest BCUT2D eigenvalue weighted by atomic mass is 15.1. The molecule has 0 aliphatic rings. The van der Waals surface area contributed by atoms with Crippen LogP contribution < -0.4 is 5.32 Å². The van der Waals surface area contributed by atoms with Crippen LogP contribution in [0.25, 0.3) is 10.9 Å². The van der Waals surface area contributed by atoms with Gasteiger partial charge in [-0.3, -0.25) is 4.98 Å². The number of para-hydroxylation sites is 1. The summed E-state index contributed by atoms with van der Waals surface area (Å²) in [5.41, 5.74) is 2.36. The number of benzene rings is 1. The molecule has 2 aromatic rings. The van der Waals surface area contributed by atoms with Gasteiger partial charge in [0.15, 0.2) is 0 Å². The molecular weight excluding hydrogens is 210 g/mol. The van der Waals surface area contributed by atoms with E-state index in [9.17, 15) is 0 Å².